The van der Waals surface area contributed by atoms with Crippen LogP contribution in [-0.4, -0.2) is 20.8 Å². The zero-order valence-corrected chi connectivity index (χ0v) is 11.2. The molecule has 0 heterocycles. The van der Waals surface area contributed by atoms with E-state index in [0.717, 1.165) is 10.8 Å². The van der Waals surface area contributed by atoms with Crippen molar-refractivity contribution in [2.45, 2.75) is 12.8 Å². The molecule has 2 rings (SSSR count). The van der Waals surface area contributed by atoms with Crippen LogP contribution in [0.25, 0.3) is 10.8 Å². The molecule has 0 aliphatic carbocycles. The van der Waals surface area contributed by atoms with Crippen molar-refractivity contribution in [3.8, 4) is 5.75 Å². The van der Waals surface area contributed by atoms with Gasteiger partial charge < -0.3 is 4.18 Å². The zero-order valence-electron chi connectivity index (χ0n) is 10.4. The minimum Gasteiger partial charge on any atom is -0.382 e. The van der Waals surface area contributed by atoms with E-state index >= 15 is 0 Å². The third-order valence-electron chi connectivity index (χ3n) is 2.74. The standard InChI is InChI=1S/C14H15FO3S/c15-10-3-4-11-19(16,17)18-14-9-5-7-12-6-1-2-8-13(12)14/h1-2,5-9H,3-4,10-11H2. The van der Waals surface area contributed by atoms with Gasteiger partial charge in [0, 0.05) is 5.39 Å². The van der Waals surface area contributed by atoms with Crippen molar-refractivity contribution in [2.24, 2.45) is 0 Å². The van der Waals surface area contributed by atoms with Gasteiger partial charge in [-0.2, -0.15) is 8.42 Å². The second-order valence-electron chi connectivity index (χ2n) is 4.22. The Labute approximate surface area is 112 Å². The smallest absolute Gasteiger partial charge is 0.309 e. The van der Waals surface area contributed by atoms with Gasteiger partial charge in [0.1, 0.15) is 5.75 Å². The number of alkyl halides is 1. The molecule has 0 amide bonds. The summed E-state index contributed by atoms with van der Waals surface area (Å²) >= 11 is 0. The molecule has 2 aromatic rings. The van der Waals surface area contributed by atoms with Crippen LogP contribution in [0.5, 0.6) is 5.75 Å². The SMILES string of the molecule is O=S(=O)(CCCCF)Oc1cccc2ccccc12. The van der Waals surface area contributed by atoms with Gasteiger partial charge in [0.05, 0.1) is 12.4 Å². The number of unbranched alkanes of at least 4 members (excludes halogenated alkanes) is 1. The van der Waals surface area contributed by atoms with Crippen LogP contribution in [0.2, 0.25) is 0 Å². The highest BCUT2D eigenvalue weighted by molar-refractivity contribution is 7.87. The molecule has 0 saturated heterocycles. The molecule has 0 atom stereocenters. The largest absolute Gasteiger partial charge is 0.382 e. The fraction of sp³-hybridized carbons (Fsp3) is 0.286. The van der Waals surface area contributed by atoms with Gasteiger partial charge in [-0.3, -0.25) is 4.39 Å². The van der Waals surface area contributed by atoms with E-state index in [2.05, 4.69) is 0 Å². The summed E-state index contributed by atoms with van der Waals surface area (Å²) in [4.78, 5) is 0. The molecule has 0 radical (unpaired) electrons. The maximum Gasteiger partial charge on any atom is 0.309 e. The van der Waals surface area contributed by atoms with Crippen LogP contribution in [0.1, 0.15) is 12.8 Å². The van der Waals surface area contributed by atoms with Gasteiger partial charge in [-0.25, -0.2) is 0 Å². The van der Waals surface area contributed by atoms with E-state index in [1.165, 1.54) is 0 Å². The zero-order chi connectivity index (χ0) is 13.7. The predicted octanol–water partition coefficient (Wildman–Crippen LogP) is 3.30. The van der Waals surface area contributed by atoms with Crippen LogP contribution in [-0.2, 0) is 10.1 Å². The maximum absolute atomic E-state index is 12.0. The average molecular weight is 282 g/mol. The lowest BCUT2D eigenvalue weighted by Gasteiger charge is -2.09. The Kier molecular flexibility index (Phi) is 4.37. The van der Waals surface area contributed by atoms with Crippen LogP contribution in [0, 0.1) is 0 Å². The van der Waals surface area contributed by atoms with Gasteiger partial charge in [-0.05, 0) is 24.3 Å². The highest BCUT2D eigenvalue weighted by Crippen LogP contribution is 2.26. The van der Waals surface area contributed by atoms with E-state index in [1.54, 1.807) is 12.1 Å². The first kappa shape index (κ1) is 13.8. The molecule has 19 heavy (non-hydrogen) atoms. The van der Waals surface area contributed by atoms with Crippen molar-refractivity contribution >= 4 is 20.9 Å². The third-order valence-corrected chi connectivity index (χ3v) is 3.97. The molecule has 0 saturated carbocycles. The van der Waals surface area contributed by atoms with E-state index in [-0.39, 0.29) is 18.6 Å². The molecule has 0 aliphatic heterocycles. The Hall–Kier alpha value is -1.62. The van der Waals surface area contributed by atoms with Crippen LogP contribution in [0.15, 0.2) is 42.5 Å². The van der Waals surface area contributed by atoms with E-state index in [0.29, 0.717) is 5.75 Å². The highest BCUT2D eigenvalue weighted by atomic mass is 32.2. The van der Waals surface area contributed by atoms with Crippen LogP contribution in [0.3, 0.4) is 0 Å². The Morgan fingerprint density at radius 3 is 2.53 bits per heavy atom. The van der Waals surface area contributed by atoms with Crippen molar-refractivity contribution in [1.82, 2.24) is 0 Å². The first-order chi connectivity index (χ1) is 9.12. The number of rotatable bonds is 6. The van der Waals surface area contributed by atoms with Gasteiger partial charge in [0.2, 0.25) is 0 Å². The molecule has 0 fully saturated rings. The summed E-state index contributed by atoms with van der Waals surface area (Å²) in [5.74, 6) is 0.151. The quantitative estimate of drug-likeness (QED) is 0.603. The number of fused-ring (bicyclic) bond motifs is 1. The number of hydrogen-bond acceptors (Lipinski definition) is 3. The summed E-state index contributed by atoms with van der Waals surface area (Å²) in [6.07, 6.45) is 0.502. The van der Waals surface area contributed by atoms with Gasteiger partial charge in [-0.1, -0.05) is 36.4 Å². The van der Waals surface area contributed by atoms with Crippen molar-refractivity contribution < 1.29 is 17.0 Å². The second kappa shape index (κ2) is 6.02. The Balaban J connectivity index is 2.21. The fourth-order valence-corrected chi connectivity index (χ4v) is 2.88. The second-order valence-corrected chi connectivity index (χ2v) is 5.91. The van der Waals surface area contributed by atoms with Crippen molar-refractivity contribution in [1.29, 1.82) is 0 Å². The van der Waals surface area contributed by atoms with Crippen molar-refractivity contribution in [3.05, 3.63) is 42.5 Å². The third kappa shape index (κ3) is 3.67. The van der Waals surface area contributed by atoms with E-state index in [9.17, 15) is 12.8 Å². The van der Waals surface area contributed by atoms with Crippen molar-refractivity contribution in [2.75, 3.05) is 12.4 Å². The molecular formula is C14H15FO3S. The first-order valence-electron chi connectivity index (χ1n) is 6.08. The van der Waals surface area contributed by atoms with E-state index in [1.807, 2.05) is 30.3 Å². The van der Waals surface area contributed by atoms with Gasteiger partial charge >= 0.3 is 10.1 Å². The minimum atomic E-state index is -3.67. The highest BCUT2D eigenvalue weighted by Gasteiger charge is 2.14. The Morgan fingerprint density at radius 2 is 1.74 bits per heavy atom. The van der Waals surface area contributed by atoms with Crippen LogP contribution < -0.4 is 4.18 Å². The van der Waals surface area contributed by atoms with Crippen LogP contribution in [0.4, 0.5) is 4.39 Å². The lowest BCUT2D eigenvalue weighted by molar-refractivity contribution is 0.458. The summed E-state index contributed by atoms with van der Waals surface area (Å²) in [6, 6.07) is 12.6. The monoisotopic (exact) mass is 282 g/mol. The molecule has 5 heteroatoms. The lowest BCUT2D eigenvalue weighted by Crippen LogP contribution is -2.14. The summed E-state index contributed by atoms with van der Waals surface area (Å²) in [5.41, 5.74) is 0. The lowest BCUT2D eigenvalue weighted by atomic mass is 10.1. The number of hydrogen-bond donors (Lipinski definition) is 0. The molecule has 102 valence electrons. The fourth-order valence-electron chi connectivity index (χ4n) is 1.82. The molecule has 0 aliphatic rings. The van der Waals surface area contributed by atoms with E-state index < -0.39 is 16.8 Å². The molecule has 3 nitrogen and oxygen atoms in total. The molecule has 0 aromatic heterocycles. The maximum atomic E-state index is 12.0. The van der Waals surface area contributed by atoms with Crippen molar-refractivity contribution in [3.63, 3.8) is 0 Å². The first-order valence-corrected chi connectivity index (χ1v) is 7.66. The summed E-state index contributed by atoms with van der Waals surface area (Å²) in [6.45, 7) is -0.510. The summed E-state index contributed by atoms with van der Waals surface area (Å²) in [5, 5.41) is 1.66. The molecule has 0 unspecified atom stereocenters. The number of benzene rings is 2. The van der Waals surface area contributed by atoms with Crippen LogP contribution >= 0.6 is 0 Å². The average Bonchev–Trinajstić information content (AvgIpc) is 2.39. The Morgan fingerprint density at radius 1 is 1.00 bits per heavy atom. The van der Waals surface area contributed by atoms with E-state index in [4.69, 9.17) is 4.18 Å². The number of halogens is 1. The normalized spacial score (nSPS) is 11.6. The van der Waals surface area contributed by atoms with Gasteiger partial charge in [0.25, 0.3) is 0 Å². The topological polar surface area (TPSA) is 43.4 Å². The molecular weight excluding hydrogens is 267 g/mol. The molecule has 2 aromatic carbocycles. The van der Waals surface area contributed by atoms with Gasteiger partial charge in [-0.15, -0.1) is 0 Å². The Bertz CT molecular complexity index is 647. The van der Waals surface area contributed by atoms with Gasteiger partial charge in [0.15, 0.2) is 0 Å². The molecule has 0 bridgehead atoms. The molecule has 0 N–H and O–H groups in total. The predicted molar refractivity (Wildman–Crippen MR) is 73.6 cm³/mol. The molecule has 0 spiro atoms. The summed E-state index contributed by atoms with van der Waals surface area (Å²) in [7, 11) is -3.67. The minimum absolute atomic E-state index is 0.167. The summed E-state index contributed by atoms with van der Waals surface area (Å²) < 4.78 is 40.6.